The van der Waals surface area contributed by atoms with Gasteiger partial charge in [0.1, 0.15) is 5.82 Å². The van der Waals surface area contributed by atoms with E-state index >= 15 is 0 Å². The van der Waals surface area contributed by atoms with Gasteiger partial charge in [0.05, 0.1) is 24.0 Å². The Bertz CT molecular complexity index is 522. The monoisotopic (exact) mass is 296 g/mol. The van der Waals surface area contributed by atoms with Crippen molar-refractivity contribution in [2.75, 3.05) is 24.8 Å². The molecule has 21 heavy (non-hydrogen) atoms. The highest BCUT2D eigenvalue weighted by atomic mass is 19.1. The van der Waals surface area contributed by atoms with Crippen LogP contribution in [0.3, 0.4) is 0 Å². The molecule has 3 N–H and O–H groups in total. The highest BCUT2D eigenvalue weighted by molar-refractivity contribution is 5.96. The van der Waals surface area contributed by atoms with Gasteiger partial charge in [-0.05, 0) is 38.3 Å². The van der Waals surface area contributed by atoms with Gasteiger partial charge in [-0.2, -0.15) is 0 Å². The number of anilines is 2. The minimum atomic E-state index is -0.542. The molecule has 1 aliphatic rings. The van der Waals surface area contributed by atoms with E-state index in [2.05, 4.69) is 5.32 Å². The maximum atomic E-state index is 14.0. The number of halogens is 1. The topological polar surface area (TPSA) is 73.6 Å². The van der Waals surface area contributed by atoms with Crippen molar-refractivity contribution < 1.29 is 18.7 Å². The number of nitrogens with two attached hydrogens (primary N) is 1. The van der Waals surface area contributed by atoms with Gasteiger partial charge in [-0.25, -0.2) is 9.18 Å². The minimum Gasteiger partial charge on any atom is -0.462 e. The molecular formula is C15H21FN2O3. The van der Waals surface area contributed by atoms with E-state index < -0.39 is 11.8 Å². The third-order valence-corrected chi connectivity index (χ3v) is 3.71. The first kappa shape index (κ1) is 15.6. The van der Waals surface area contributed by atoms with E-state index in [4.69, 9.17) is 15.2 Å². The van der Waals surface area contributed by atoms with E-state index in [1.807, 2.05) is 0 Å². The molecule has 6 heteroatoms. The molecule has 0 heterocycles. The second-order valence-electron chi connectivity index (χ2n) is 5.15. The lowest BCUT2D eigenvalue weighted by molar-refractivity contribution is 0.0527. The molecule has 0 bridgehead atoms. The van der Waals surface area contributed by atoms with Crippen LogP contribution in [0, 0.1) is 5.82 Å². The Hall–Kier alpha value is -1.82. The number of hydrogen-bond donors (Lipinski definition) is 2. The van der Waals surface area contributed by atoms with Crippen LogP contribution in [0.25, 0.3) is 0 Å². The van der Waals surface area contributed by atoms with E-state index in [-0.39, 0.29) is 35.7 Å². The third-order valence-electron chi connectivity index (χ3n) is 3.71. The molecule has 1 saturated carbocycles. The molecule has 2 unspecified atom stereocenters. The fourth-order valence-corrected chi connectivity index (χ4v) is 2.59. The summed E-state index contributed by atoms with van der Waals surface area (Å²) in [6, 6.07) is 2.70. The Kier molecular flexibility index (Phi) is 5.01. The number of carbonyl (C=O) groups excluding carboxylic acids is 1. The van der Waals surface area contributed by atoms with Crippen molar-refractivity contribution in [2.45, 2.75) is 38.3 Å². The highest BCUT2D eigenvalue weighted by Gasteiger charge is 2.25. The van der Waals surface area contributed by atoms with Crippen LogP contribution in [-0.2, 0) is 9.47 Å². The van der Waals surface area contributed by atoms with Crippen molar-refractivity contribution in [1.82, 2.24) is 0 Å². The van der Waals surface area contributed by atoms with Crippen LogP contribution >= 0.6 is 0 Å². The van der Waals surface area contributed by atoms with Gasteiger partial charge in [-0.3, -0.25) is 0 Å². The number of carbonyl (C=O) groups is 1. The summed E-state index contributed by atoms with van der Waals surface area (Å²) in [6.45, 7) is 1.96. The summed E-state index contributed by atoms with van der Waals surface area (Å²) in [7, 11) is 1.68. The molecule has 0 radical (unpaired) electrons. The van der Waals surface area contributed by atoms with Crippen molar-refractivity contribution in [1.29, 1.82) is 0 Å². The molecule has 5 nitrogen and oxygen atoms in total. The molecule has 2 atom stereocenters. The Morgan fingerprint density at radius 1 is 1.48 bits per heavy atom. The molecular weight excluding hydrogens is 275 g/mol. The summed E-state index contributed by atoms with van der Waals surface area (Å²) in [4.78, 5) is 11.8. The molecule has 1 aromatic rings. The zero-order valence-corrected chi connectivity index (χ0v) is 12.3. The summed E-state index contributed by atoms with van der Waals surface area (Å²) >= 11 is 0. The summed E-state index contributed by atoms with van der Waals surface area (Å²) in [5, 5.41) is 3.12. The molecule has 1 aliphatic carbocycles. The largest absolute Gasteiger partial charge is 0.462 e. The molecule has 1 fully saturated rings. The SMILES string of the molecule is CCOC(=O)c1cc(NC2CCC(OC)C2)c(F)cc1N. The van der Waals surface area contributed by atoms with E-state index in [0.717, 1.165) is 25.3 Å². The first-order valence-electron chi connectivity index (χ1n) is 7.10. The number of methoxy groups -OCH3 is 1. The van der Waals surface area contributed by atoms with Crippen molar-refractivity contribution in [3.05, 3.63) is 23.5 Å². The fraction of sp³-hybridized carbons (Fsp3) is 0.533. The van der Waals surface area contributed by atoms with Crippen LogP contribution < -0.4 is 11.1 Å². The van der Waals surface area contributed by atoms with E-state index in [1.165, 1.54) is 6.07 Å². The number of benzene rings is 1. The number of hydrogen-bond acceptors (Lipinski definition) is 5. The zero-order valence-electron chi connectivity index (χ0n) is 12.3. The Morgan fingerprint density at radius 3 is 2.86 bits per heavy atom. The highest BCUT2D eigenvalue weighted by Crippen LogP contribution is 2.28. The lowest BCUT2D eigenvalue weighted by atomic mass is 10.1. The van der Waals surface area contributed by atoms with Gasteiger partial charge in [0.25, 0.3) is 0 Å². The van der Waals surface area contributed by atoms with Gasteiger partial charge in [0.2, 0.25) is 0 Å². The van der Waals surface area contributed by atoms with Crippen molar-refractivity contribution in [3.8, 4) is 0 Å². The average Bonchev–Trinajstić information content (AvgIpc) is 2.89. The Morgan fingerprint density at radius 2 is 2.24 bits per heavy atom. The van der Waals surface area contributed by atoms with Gasteiger partial charge in [0.15, 0.2) is 0 Å². The van der Waals surface area contributed by atoms with Crippen LogP contribution in [0.2, 0.25) is 0 Å². The lowest BCUT2D eigenvalue weighted by Gasteiger charge is -2.16. The number of nitrogen functional groups attached to an aromatic ring is 1. The molecule has 2 rings (SSSR count). The van der Waals surface area contributed by atoms with E-state index in [0.29, 0.717) is 0 Å². The molecule has 0 saturated heterocycles. The van der Waals surface area contributed by atoms with Gasteiger partial charge in [-0.15, -0.1) is 0 Å². The molecule has 0 spiro atoms. The number of ether oxygens (including phenoxy) is 2. The number of esters is 1. The maximum Gasteiger partial charge on any atom is 0.340 e. The number of rotatable bonds is 5. The van der Waals surface area contributed by atoms with Gasteiger partial charge >= 0.3 is 5.97 Å². The standard InChI is InChI=1S/C15H21FN2O3/c1-3-21-15(19)11-7-14(12(16)8-13(11)17)18-9-4-5-10(6-9)20-2/h7-10,18H,3-6,17H2,1-2H3. The Labute approximate surface area is 123 Å². The molecule has 1 aromatic carbocycles. The predicted molar refractivity (Wildman–Crippen MR) is 78.8 cm³/mol. The first-order valence-corrected chi connectivity index (χ1v) is 7.10. The van der Waals surface area contributed by atoms with Crippen LogP contribution in [0.15, 0.2) is 12.1 Å². The Balaban J connectivity index is 2.16. The summed E-state index contributed by atoms with van der Waals surface area (Å²) in [5.41, 5.74) is 6.22. The third kappa shape index (κ3) is 3.64. The van der Waals surface area contributed by atoms with Crippen LogP contribution in [0.5, 0.6) is 0 Å². The van der Waals surface area contributed by atoms with Crippen molar-refractivity contribution in [3.63, 3.8) is 0 Å². The number of nitrogens with one attached hydrogen (secondary N) is 1. The van der Waals surface area contributed by atoms with Crippen molar-refractivity contribution >= 4 is 17.3 Å². The van der Waals surface area contributed by atoms with Gasteiger partial charge < -0.3 is 20.5 Å². The average molecular weight is 296 g/mol. The zero-order chi connectivity index (χ0) is 15.4. The molecule has 116 valence electrons. The lowest BCUT2D eigenvalue weighted by Crippen LogP contribution is -2.19. The summed E-state index contributed by atoms with van der Waals surface area (Å²) in [5.74, 6) is -1.01. The fourth-order valence-electron chi connectivity index (χ4n) is 2.59. The predicted octanol–water partition coefficient (Wildman–Crippen LogP) is 2.56. The van der Waals surface area contributed by atoms with Crippen LogP contribution in [0.4, 0.5) is 15.8 Å². The molecule has 0 aromatic heterocycles. The summed E-state index contributed by atoms with van der Waals surface area (Å²) < 4.78 is 24.2. The quantitative estimate of drug-likeness (QED) is 0.645. The second-order valence-corrected chi connectivity index (χ2v) is 5.15. The van der Waals surface area contributed by atoms with E-state index in [1.54, 1.807) is 14.0 Å². The van der Waals surface area contributed by atoms with Crippen LogP contribution in [0.1, 0.15) is 36.5 Å². The van der Waals surface area contributed by atoms with Gasteiger partial charge in [-0.1, -0.05) is 0 Å². The maximum absolute atomic E-state index is 14.0. The molecule has 0 amide bonds. The summed E-state index contributed by atoms with van der Waals surface area (Å²) in [6.07, 6.45) is 2.85. The van der Waals surface area contributed by atoms with Crippen LogP contribution in [-0.4, -0.2) is 31.8 Å². The second kappa shape index (κ2) is 6.76. The van der Waals surface area contributed by atoms with E-state index in [9.17, 15) is 9.18 Å². The van der Waals surface area contributed by atoms with Crippen molar-refractivity contribution in [2.24, 2.45) is 0 Å². The smallest absolute Gasteiger partial charge is 0.340 e. The molecule has 0 aliphatic heterocycles. The minimum absolute atomic E-state index is 0.0812. The normalized spacial score (nSPS) is 21.3. The van der Waals surface area contributed by atoms with Gasteiger partial charge in [0, 0.05) is 18.8 Å². The first-order chi connectivity index (χ1) is 10.0.